The molecule has 0 aliphatic rings. The molecule has 0 saturated carbocycles. The topological polar surface area (TPSA) is 20.3 Å². The molecule has 1 atom stereocenters. The van der Waals surface area contributed by atoms with Crippen LogP contribution in [0.4, 0.5) is 0 Å². The highest BCUT2D eigenvalue weighted by Gasteiger charge is 2.08. The fourth-order valence-electron chi connectivity index (χ4n) is 1.51. The number of carbonyl (C=O) groups excluding carboxylic acids is 1. The lowest BCUT2D eigenvalue weighted by Crippen LogP contribution is -2.30. The van der Waals surface area contributed by atoms with E-state index in [0.717, 1.165) is 25.9 Å². The zero-order valence-electron chi connectivity index (χ0n) is 10.8. The predicted molar refractivity (Wildman–Crippen MR) is 92.2 cm³/mol. The first kappa shape index (κ1) is 17.7. The van der Waals surface area contributed by atoms with Crippen molar-refractivity contribution in [1.29, 1.82) is 0 Å². The first-order valence-electron chi connectivity index (χ1n) is 6.22. The summed E-state index contributed by atoms with van der Waals surface area (Å²) in [5.41, 5.74) is 0. The average molecular weight is 463 g/mol. The van der Waals surface area contributed by atoms with Crippen LogP contribution in [0.3, 0.4) is 0 Å². The summed E-state index contributed by atoms with van der Waals surface area (Å²) >= 11 is 4.90. The molecule has 0 radical (unpaired) electrons. The first-order chi connectivity index (χ1) is 8.11. The molecule has 100 valence electrons. The summed E-state index contributed by atoms with van der Waals surface area (Å²) in [5.74, 6) is 0.189. The van der Waals surface area contributed by atoms with E-state index in [-0.39, 0.29) is 5.91 Å². The molecular weight excluding hydrogens is 440 g/mol. The highest BCUT2D eigenvalue weighted by Crippen LogP contribution is 2.13. The SMILES string of the molecule is CCN(CCC(I)C/C=C/CCCI)C(C)=O. The van der Waals surface area contributed by atoms with Crippen molar-refractivity contribution < 1.29 is 4.79 Å². The van der Waals surface area contributed by atoms with E-state index in [1.54, 1.807) is 6.92 Å². The van der Waals surface area contributed by atoms with Crippen LogP contribution in [0.15, 0.2) is 12.2 Å². The van der Waals surface area contributed by atoms with Gasteiger partial charge in [0.2, 0.25) is 5.91 Å². The van der Waals surface area contributed by atoms with E-state index in [9.17, 15) is 4.79 Å². The quantitative estimate of drug-likeness (QED) is 0.217. The lowest BCUT2D eigenvalue weighted by atomic mass is 10.2. The Hall–Kier alpha value is 0.670. The van der Waals surface area contributed by atoms with E-state index < -0.39 is 0 Å². The number of unbranched alkanes of at least 4 members (excludes halogenated alkanes) is 1. The Labute approximate surface area is 133 Å². The molecule has 17 heavy (non-hydrogen) atoms. The molecule has 2 nitrogen and oxygen atoms in total. The number of rotatable bonds is 9. The molecular formula is C13H23I2NO. The predicted octanol–water partition coefficient (Wildman–Crippen LogP) is 4.21. The standard InChI is InChI=1S/C13H23I2NO/c1-3-16(12(2)17)11-9-13(15)8-6-4-5-7-10-14/h4,6,13H,3,5,7-11H2,1-2H3/b6-4+. The molecule has 0 aromatic heterocycles. The van der Waals surface area contributed by atoms with Gasteiger partial charge in [-0.05, 0) is 37.0 Å². The van der Waals surface area contributed by atoms with Crippen molar-refractivity contribution in [1.82, 2.24) is 4.90 Å². The maximum Gasteiger partial charge on any atom is 0.219 e. The third-order valence-electron chi connectivity index (χ3n) is 2.60. The van der Waals surface area contributed by atoms with Crippen molar-refractivity contribution in [2.24, 2.45) is 0 Å². The average Bonchev–Trinajstić information content (AvgIpc) is 2.29. The molecule has 1 unspecified atom stereocenters. The second-order valence-electron chi connectivity index (χ2n) is 4.02. The normalized spacial score (nSPS) is 12.9. The molecule has 0 aromatic carbocycles. The van der Waals surface area contributed by atoms with Gasteiger partial charge in [0.1, 0.15) is 0 Å². The second kappa shape index (κ2) is 11.7. The maximum absolute atomic E-state index is 11.2. The molecule has 0 aromatic rings. The smallest absolute Gasteiger partial charge is 0.219 e. The monoisotopic (exact) mass is 463 g/mol. The minimum absolute atomic E-state index is 0.189. The number of allylic oxidation sites excluding steroid dienone is 2. The third-order valence-corrected chi connectivity index (χ3v) is 4.50. The summed E-state index contributed by atoms with van der Waals surface area (Å²) in [4.78, 5) is 13.1. The van der Waals surface area contributed by atoms with Crippen LogP contribution in [0.5, 0.6) is 0 Å². The van der Waals surface area contributed by atoms with E-state index >= 15 is 0 Å². The van der Waals surface area contributed by atoms with Gasteiger partial charge in [-0.2, -0.15) is 0 Å². The van der Waals surface area contributed by atoms with E-state index in [1.165, 1.54) is 17.3 Å². The van der Waals surface area contributed by atoms with Crippen molar-refractivity contribution >= 4 is 51.1 Å². The molecule has 0 heterocycles. The highest BCUT2D eigenvalue weighted by molar-refractivity contribution is 14.1. The summed E-state index contributed by atoms with van der Waals surface area (Å²) in [6.07, 6.45) is 9.25. The van der Waals surface area contributed by atoms with Gasteiger partial charge in [-0.15, -0.1) is 0 Å². The van der Waals surface area contributed by atoms with Gasteiger partial charge in [-0.25, -0.2) is 0 Å². The van der Waals surface area contributed by atoms with Crippen molar-refractivity contribution in [2.45, 2.75) is 43.5 Å². The molecule has 4 heteroatoms. The Morgan fingerprint density at radius 3 is 2.65 bits per heavy atom. The van der Waals surface area contributed by atoms with Crippen molar-refractivity contribution in [3.63, 3.8) is 0 Å². The fourth-order valence-corrected chi connectivity index (χ4v) is 2.52. The Morgan fingerprint density at radius 2 is 2.12 bits per heavy atom. The van der Waals surface area contributed by atoms with E-state index in [0.29, 0.717) is 3.92 Å². The molecule has 0 spiro atoms. The Balaban J connectivity index is 3.67. The first-order valence-corrected chi connectivity index (χ1v) is 8.99. The summed E-state index contributed by atoms with van der Waals surface area (Å²) < 4.78 is 1.87. The molecule has 0 bridgehead atoms. The molecule has 0 rings (SSSR count). The zero-order chi connectivity index (χ0) is 13.1. The van der Waals surface area contributed by atoms with Gasteiger partial charge in [0.25, 0.3) is 0 Å². The summed E-state index contributed by atoms with van der Waals surface area (Å²) in [6.45, 7) is 5.40. The molecule has 0 fully saturated rings. The fraction of sp³-hybridized carbons (Fsp3) is 0.769. The Bertz CT molecular complexity index is 231. The zero-order valence-corrected chi connectivity index (χ0v) is 15.1. The van der Waals surface area contributed by atoms with Gasteiger partial charge in [0.05, 0.1) is 0 Å². The number of hydrogen-bond acceptors (Lipinski definition) is 1. The van der Waals surface area contributed by atoms with Crippen molar-refractivity contribution in [2.75, 3.05) is 17.5 Å². The minimum atomic E-state index is 0.189. The van der Waals surface area contributed by atoms with Gasteiger partial charge in [-0.3, -0.25) is 4.79 Å². The number of amides is 1. The molecule has 0 aliphatic heterocycles. The number of halogens is 2. The van der Waals surface area contributed by atoms with Crippen LogP contribution in [0.25, 0.3) is 0 Å². The number of nitrogens with zero attached hydrogens (tertiary/aromatic N) is 1. The molecule has 1 amide bonds. The van der Waals surface area contributed by atoms with Crippen molar-refractivity contribution in [3.8, 4) is 0 Å². The summed E-state index contributed by atoms with van der Waals surface area (Å²) in [7, 11) is 0. The van der Waals surface area contributed by atoms with Gasteiger partial charge in [0.15, 0.2) is 0 Å². The lowest BCUT2D eigenvalue weighted by molar-refractivity contribution is -0.128. The van der Waals surface area contributed by atoms with Crippen LogP contribution >= 0.6 is 45.2 Å². The van der Waals surface area contributed by atoms with E-state index in [2.05, 4.69) is 57.3 Å². The summed E-state index contributed by atoms with van der Waals surface area (Å²) in [5, 5.41) is 0. The van der Waals surface area contributed by atoms with Crippen LogP contribution in [0.1, 0.15) is 39.5 Å². The van der Waals surface area contributed by atoms with Crippen LogP contribution in [-0.2, 0) is 4.79 Å². The third kappa shape index (κ3) is 10.3. The van der Waals surface area contributed by atoms with Crippen LogP contribution in [-0.4, -0.2) is 32.2 Å². The second-order valence-corrected chi connectivity index (χ2v) is 6.86. The maximum atomic E-state index is 11.2. The van der Waals surface area contributed by atoms with Crippen LogP contribution < -0.4 is 0 Å². The lowest BCUT2D eigenvalue weighted by Gasteiger charge is -2.20. The van der Waals surface area contributed by atoms with E-state index in [4.69, 9.17) is 0 Å². The molecule has 0 N–H and O–H groups in total. The number of alkyl halides is 2. The van der Waals surface area contributed by atoms with Crippen LogP contribution in [0.2, 0.25) is 0 Å². The molecule has 0 saturated heterocycles. The van der Waals surface area contributed by atoms with Gasteiger partial charge in [-0.1, -0.05) is 57.3 Å². The Kier molecular flexibility index (Phi) is 12.2. The number of hydrogen-bond donors (Lipinski definition) is 0. The van der Waals surface area contributed by atoms with Crippen molar-refractivity contribution in [3.05, 3.63) is 12.2 Å². The molecule has 0 aliphatic carbocycles. The number of carbonyl (C=O) groups is 1. The highest BCUT2D eigenvalue weighted by atomic mass is 127. The largest absolute Gasteiger partial charge is 0.343 e. The summed E-state index contributed by atoms with van der Waals surface area (Å²) in [6, 6.07) is 0. The van der Waals surface area contributed by atoms with E-state index in [1.807, 2.05) is 11.8 Å². The van der Waals surface area contributed by atoms with Crippen LogP contribution in [0, 0.1) is 0 Å². The minimum Gasteiger partial charge on any atom is -0.343 e. The Morgan fingerprint density at radius 1 is 1.41 bits per heavy atom. The van der Waals surface area contributed by atoms with Gasteiger partial charge in [0, 0.05) is 23.9 Å². The van der Waals surface area contributed by atoms with Gasteiger partial charge >= 0.3 is 0 Å². The van der Waals surface area contributed by atoms with Gasteiger partial charge < -0.3 is 4.90 Å².